The highest BCUT2D eigenvalue weighted by Gasteiger charge is 2.11. The van der Waals surface area contributed by atoms with Crippen LogP contribution in [0.2, 0.25) is 5.02 Å². The minimum absolute atomic E-state index is 0.214. The average Bonchev–Trinajstić information content (AvgIpc) is 2.53. The van der Waals surface area contributed by atoms with Gasteiger partial charge < -0.3 is 10.4 Å². The molecule has 0 aliphatic carbocycles. The van der Waals surface area contributed by atoms with Gasteiger partial charge in [-0.05, 0) is 42.2 Å². The molecule has 2 aromatic carbocycles. The summed E-state index contributed by atoms with van der Waals surface area (Å²) in [4.78, 5) is 23.9. The van der Waals surface area contributed by atoms with Gasteiger partial charge in [0.2, 0.25) is 0 Å². The number of carbonyl (C=O) groups is 2. The van der Waals surface area contributed by atoms with Crippen molar-refractivity contribution in [1.29, 1.82) is 0 Å². The number of carboxylic acid groups (broad SMARTS) is 1. The second-order valence-corrected chi connectivity index (χ2v) is 5.82. The van der Waals surface area contributed by atoms with Crippen LogP contribution < -0.4 is 5.32 Å². The smallest absolute Gasteiger partial charge is 0.335 e. The summed E-state index contributed by atoms with van der Waals surface area (Å²) in [6.45, 7) is 0.304. The first-order valence-corrected chi connectivity index (χ1v) is 8.05. The van der Waals surface area contributed by atoms with Gasteiger partial charge in [-0.3, -0.25) is 4.79 Å². The third-order valence-corrected chi connectivity index (χ3v) is 4.13. The number of hydrogen-bond donors (Lipinski definition) is 2. The lowest BCUT2D eigenvalue weighted by molar-refractivity contribution is 0.0696. The molecule has 0 atom stereocenters. The lowest BCUT2D eigenvalue weighted by Crippen LogP contribution is -2.23. The highest BCUT2D eigenvalue weighted by molar-refractivity contribution is 7.98. The zero-order chi connectivity index (χ0) is 16.1. The first kappa shape index (κ1) is 16.4. The highest BCUT2D eigenvalue weighted by atomic mass is 35.5. The van der Waals surface area contributed by atoms with Crippen LogP contribution in [0.25, 0.3) is 0 Å². The predicted octanol–water partition coefficient (Wildman–Crippen LogP) is 3.69. The Labute approximate surface area is 137 Å². The molecule has 114 valence electrons. The second kappa shape index (κ2) is 7.33. The molecule has 2 rings (SSSR count). The van der Waals surface area contributed by atoms with Gasteiger partial charge >= 0.3 is 5.97 Å². The van der Waals surface area contributed by atoms with E-state index in [-0.39, 0.29) is 11.5 Å². The summed E-state index contributed by atoms with van der Waals surface area (Å²) in [5.41, 5.74) is 1.46. The van der Waals surface area contributed by atoms with Crippen molar-refractivity contribution in [1.82, 2.24) is 5.32 Å². The van der Waals surface area contributed by atoms with Crippen LogP contribution in [0.1, 0.15) is 26.3 Å². The van der Waals surface area contributed by atoms with Crippen molar-refractivity contribution in [2.75, 3.05) is 6.26 Å². The number of hydrogen-bond acceptors (Lipinski definition) is 3. The fourth-order valence-electron chi connectivity index (χ4n) is 1.85. The monoisotopic (exact) mass is 335 g/mol. The van der Waals surface area contributed by atoms with Gasteiger partial charge in [-0.15, -0.1) is 11.8 Å². The van der Waals surface area contributed by atoms with Crippen LogP contribution in [-0.4, -0.2) is 23.2 Å². The quantitative estimate of drug-likeness (QED) is 0.818. The van der Waals surface area contributed by atoms with Crippen molar-refractivity contribution in [3.63, 3.8) is 0 Å². The minimum Gasteiger partial charge on any atom is -0.478 e. The number of rotatable bonds is 5. The fourth-order valence-corrected chi connectivity index (χ4v) is 2.49. The first-order valence-electron chi connectivity index (χ1n) is 6.45. The SMILES string of the molecule is CSc1ccc(Cl)c(C(=O)NCc2ccc(C(=O)O)cc2)c1. The normalized spacial score (nSPS) is 10.3. The Balaban J connectivity index is 2.05. The summed E-state index contributed by atoms with van der Waals surface area (Å²) in [5.74, 6) is -1.24. The van der Waals surface area contributed by atoms with E-state index in [0.29, 0.717) is 17.1 Å². The number of halogens is 1. The predicted molar refractivity (Wildman–Crippen MR) is 87.8 cm³/mol. The number of benzene rings is 2. The number of nitrogens with one attached hydrogen (secondary N) is 1. The molecular formula is C16H14ClNO3S. The van der Waals surface area contributed by atoms with Crippen molar-refractivity contribution < 1.29 is 14.7 Å². The summed E-state index contributed by atoms with van der Waals surface area (Å²) in [7, 11) is 0. The van der Waals surface area contributed by atoms with Gasteiger partial charge in [0.1, 0.15) is 0 Å². The molecule has 0 saturated carbocycles. The minimum atomic E-state index is -0.976. The maximum Gasteiger partial charge on any atom is 0.335 e. The largest absolute Gasteiger partial charge is 0.478 e. The lowest BCUT2D eigenvalue weighted by Gasteiger charge is -2.08. The maximum atomic E-state index is 12.2. The van der Waals surface area contributed by atoms with Crippen molar-refractivity contribution in [3.8, 4) is 0 Å². The summed E-state index contributed by atoms with van der Waals surface area (Å²) in [6, 6.07) is 11.7. The molecule has 2 aromatic rings. The molecule has 0 fully saturated rings. The van der Waals surface area contributed by atoms with Gasteiger partial charge in [0.05, 0.1) is 16.1 Å². The molecule has 0 aliphatic heterocycles. The molecule has 0 radical (unpaired) electrons. The molecule has 0 bridgehead atoms. The van der Waals surface area contributed by atoms with E-state index >= 15 is 0 Å². The summed E-state index contributed by atoms with van der Waals surface area (Å²) in [6.07, 6.45) is 1.93. The molecule has 0 aromatic heterocycles. The third-order valence-electron chi connectivity index (χ3n) is 3.07. The number of carboxylic acids is 1. The van der Waals surface area contributed by atoms with Gasteiger partial charge in [0.25, 0.3) is 5.91 Å². The fraction of sp³-hybridized carbons (Fsp3) is 0.125. The van der Waals surface area contributed by atoms with Crippen LogP contribution >= 0.6 is 23.4 Å². The zero-order valence-electron chi connectivity index (χ0n) is 11.8. The van der Waals surface area contributed by atoms with Crippen LogP contribution in [0.3, 0.4) is 0 Å². The van der Waals surface area contributed by atoms with E-state index < -0.39 is 5.97 Å². The Bertz CT molecular complexity index is 701. The van der Waals surface area contributed by atoms with E-state index in [0.717, 1.165) is 10.5 Å². The maximum absolute atomic E-state index is 12.2. The molecule has 6 heteroatoms. The van der Waals surface area contributed by atoms with E-state index in [1.807, 2.05) is 12.3 Å². The van der Waals surface area contributed by atoms with Gasteiger partial charge in [-0.1, -0.05) is 23.7 Å². The molecule has 1 amide bonds. The topological polar surface area (TPSA) is 66.4 Å². The Kier molecular flexibility index (Phi) is 5.46. The van der Waals surface area contributed by atoms with Crippen molar-refractivity contribution in [2.24, 2.45) is 0 Å². The van der Waals surface area contributed by atoms with Crippen LogP contribution in [0.4, 0.5) is 0 Å². The van der Waals surface area contributed by atoms with Crippen molar-refractivity contribution >= 4 is 35.2 Å². The first-order chi connectivity index (χ1) is 10.5. The molecular weight excluding hydrogens is 322 g/mol. The standard InChI is InChI=1S/C16H14ClNO3S/c1-22-12-6-7-14(17)13(8-12)15(19)18-9-10-2-4-11(5-3-10)16(20)21/h2-8H,9H2,1H3,(H,18,19)(H,20,21). The number of amides is 1. The van der Waals surface area contributed by atoms with E-state index in [9.17, 15) is 9.59 Å². The van der Waals surface area contributed by atoms with Crippen molar-refractivity contribution in [3.05, 3.63) is 64.2 Å². The van der Waals surface area contributed by atoms with Crippen molar-refractivity contribution in [2.45, 2.75) is 11.4 Å². The Morgan fingerprint density at radius 2 is 1.86 bits per heavy atom. The van der Waals surface area contributed by atoms with E-state index in [2.05, 4.69) is 5.32 Å². The molecule has 0 saturated heterocycles. The van der Waals surface area contributed by atoms with Gasteiger partial charge in [-0.2, -0.15) is 0 Å². The zero-order valence-corrected chi connectivity index (χ0v) is 13.4. The Morgan fingerprint density at radius 1 is 1.18 bits per heavy atom. The molecule has 0 heterocycles. The third kappa shape index (κ3) is 4.02. The molecule has 0 spiro atoms. The summed E-state index contributed by atoms with van der Waals surface area (Å²) < 4.78 is 0. The van der Waals surface area contributed by atoms with Gasteiger partial charge in [0.15, 0.2) is 0 Å². The molecule has 22 heavy (non-hydrogen) atoms. The van der Waals surface area contributed by atoms with Crippen LogP contribution in [0.5, 0.6) is 0 Å². The molecule has 0 unspecified atom stereocenters. The Morgan fingerprint density at radius 3 is 2.45 bits per heavy atom. The van der Waals surface area contributed by atoms with Crippen LogP contribution in [-0.2, 0) is 6.54 Å². The summed E-state index contributed by atoms with van der Waals surface area (Å²) in [5, 5.41) is 12.0. The number of carbonyl (C=O) groups excluding carboxylic acids is 1. The summed E-state index contributed by atoms with van der Waals surface area (Å²) >= 11 is 7.58. The molecule has 2 N–H and O–H groups in total. The van der Waals surface area contributed by atoms with Crippen LogP contribution in [0, 0.1) is 0 Å². The van der Waals surface area contributed by atoms with Gasteiger partial charge in [-0.25, -0.2) is 4.79 Å². The molecule has 0 aliphatic rings. The Hall–Kier alpha value is -1.98. The van der Waals surface area contributed by atoms with E-state index in [4.69, 9.17) is 16.7 Å². The number of thioether (sulfide) groups is 1. The highest BCUT2D eigenvalue weighted by Crippen LogP contribution is 2.23. The van der Waals surface area contributed by atoms with E-state index in [1.54, 1.807) is 24.3 Å². The average molecular weight is 336 g/mol. The second-order valence-electron chi connectivity index (χ2n) is 4.53. The number of aromatic carboxylic acids is 1. The van der Waals surface area contributed by atoms with Gasteiger partial charge in [0, 0.05) is 11.4 Å². The lowest BCUT2D eigenvalue weighted by atomic mass is 10.1. The molecule has 4 nitrogen and oxygen atoms in total. The van der Waals surface area contributed by atoms with E-state index in [1.165, 1.54) is 23.9 Å². The van der Waals surface area contributed by atoms with Crippen LogP contribution in [0.15, 0.2) is 47.4 Å².